The van der Waals surface area contributed by atoms with Crippen LogP contribution in [0, 0.1) is 11.3 Å². The quantitative estimate of drug-likeness (QED) is 0.774. The molecule has 0 saturated carbocycles. The number of carbonyl (C=O) groups is 2. The number of ether oxygens (including phenoxy) is 1. The number of fused-ring (bicyclic) bond motifs is 2. The molecule has 27 heavy (non-hydrogen) atoms. The predicted octanol–water partition coefficient (Wildman–Crippen LogP) is 3.20. The second-order valence-electron chi connectivity index (χ2n) is 7.55. The maximum absolute atomic E-state index is 13.4. The summed E-state index contributed by atoms with van der Waals surface area (Å²) in [6.45, 7) is 2.01. The highest BCUT2D eigenvalue weighted by molar-refractivity contribution is 6.20. The number of allylic oxidation sites excluding steroid dienone is 2. The summed E-state index contributed by atoms with van der Waals surface area (Å²) < 4.78 is 11.4. The molecule has 4 rings (SSSR count). The fourth-order valence-electron chi connectivity index (χ4n) is 4.20. The summed E-state index contributed by atoms with van der Waals surface area (Å²) in [7, 11) is 3.83. The molecule has 2 aromatic rings. The molecular formula is C21H22N2O4. The van der Waals surface area contributed by atoms with Crippen LogP contribution >= 0.6 is 0 Å². The lowest BCUT2D eigenvalue weighted by atomic mass is 9.58. The minimum absolute atomic E-state index is 0.160. The van der Waals surface area contributed by atoms with Gasteiger partial charge < -0.3 is 9.26 Å². The Labute approximate surface area is 157 Å². The van der Waals surface area contributed by atoms with Crippen LogP contribution in [0.25, 0.3) is 0 Å². The molecule has 1 aromatic carbocycles. The normalized spacial score (nSPS) is 26.8. The van der Waals surface area contributed by atoms with Gasteiger partial charge in [0.25, 0.3) is 5.88 Å². The number of ketones is 2. The van der Waals surface area contributed by atoms with E-state index in [-0.39, 0.29) is 36.0 Å². The Hall–Kier alpha value is -2.73. The molecule has 0 N–H and O–H groups in total. The number of aromatic nitrogens is 1. The lowest BCUT2D eigenvalue weighted by Crippen LogP contribution is -2.52. The molecule has 0 spiro atoms. The Morgan fingerprint density at radius 1 is 1.26 bits per heavy atom. The molecule has 0 bridgehead atoms. The van der Waals surface area contributed by atoms with Crippen molar-refractivity contribution in [1.82, 2.24) is 10.1 Å². The van der Waals surface area contributed by atoms with Crippen molar-refractivity contribution in [2.75, 3.05) is 14.1 Å². The van der Waals surface area contributed by atoms with E-state index in [4.69, 9.17) is 9.26 Å². The molecular weight excluding hydrogens is 344 g/mol. The van der Waals surface area contributed by atoms with Crippen LogP contribution in [0.5, 0.6) is 5.88 Å². The average Bonchev–Trinajstić information content (AvgIpc) is 3.07. The molecule has 2 aliphatic rings. The highest BCUT2D eigenvalue weighted by atomic mass is 16.5. The van der Waals surface area contributed by atoms with E-state index in [1.807, 2.05) is 55.4 Å². The van der Waals surface area contributed by atoms with Gasteiger partial charge in [-0.05, 0) is 44.2 Å². The lowest BCUT2D eigenvalue weighted by molar-refractivity contribution is -0.125. The first-order valence-corrected chi connectivity index (χ1v) is 9.03. The minimum Gasteiger partial charge on any atom is -0.470 e. The summed E-state index contributed by atoms with van der Waals surface area (Å²) in [5, 5.41) is 4.03. The second-order valence-corrected chi connectivity index (χ2v) is 7.55. The van der Waals surface area contributed by atoms with Gasteiger partial charge in [0, 0.05) is 5.92 Å². The third kappa shape index (κ3) is 2.63. The van der Waals surface area contributed by atoms with Crippen LogP contribution in [0.15, 0.2) is 47.0 Å². The standard InChI is InChI=1S/C21H22N2O4/c1-21-14(10-7-11-15(21)24)17(23(2)3)18-16(19(21)25)20(22-27-18)26-12-13-8-5-4-6-9-13/h4-9,11,14,17H,10,12H2,1-3H3/t14-,17+,21+/m0/s1. The molecule has 0 unspecified atom stereocenters. The monoisotopic (exact) mass is 366 g/mol. The summed E-state index contributed by atoms with van der Waals surface area (Å²) in [6.07, 6.45) is 3.99. The zero-order valence-corrected chi connectivity index (χ0v) is 15.6. The van der Waals surface area contributed by atoms with E-state index in [2.05, 4.69) is 5.16 Å². The Kier molecular flexibility index (Phi) is 4.23. The molecule has 3 atom stereocenters. The maximum Gasteiger partial charge on any atom is 0.265 e. The highest BCUT2D eigenvalue weighted by Gasteiger charge is 2.58. The van der Waals surface area contributed by atoms with Gasteiger partial charge in [-0.25, -0.2) is 0 Å². The van der Waals surface area contributed by atoms with Gasteiger partial charge in [-0.2, -0.15) is 0 Å². The number of carbonyl (C=O) groups excluding carboxylic acids is 2. The van der Waals surface area contributed by atoms with Gasteiger partial charge in [0.2, 0.25) is 0 Å². The van der Waals surface area contributed by atoms with Crippen LogP contribution in [0.1, 0.15) is 41.1 Å². The van der Waals surface area contributed by atoms with Crippen LogP contribution in [0.4, 0.5) is 0 Å². The molecule has 1 heterocycles. The van der Waals surface area contributed by atoms with Gasteiger partial charge in [-0.1, -0.05) is 36.4 Å². The van der Waals surface area contributed by atoms with Crippen molar-refractivity contribution < 1.29 is 18.8 Å². The van der Waals surface area contributed by atoms with E-state index >= 15 is 0 Å². The van der Waals surface area contributed by atoms with Crippen molar-refractivity contribution in [1.29, 1.82) is 0 Å². The highest BCUT2D eigenvalue weighted by Crippen LogP contribution is 2.53. The van der Waals surface area contributed by atoms with Gasteiger partial charge in [-0.15, -0.1) is 0 Å². The third-order valence-corrected chi connectivity index (χ3v) is 5.72. The fourth-order valence-corrected chi connectivity index (χ4v) is 4.20. The Balaban J connectivity index is 1.75. The van der Waals surface area contributed by atoms with Crippen molar-refractivity contribution in [3.8, 4) is 5.88 Å². The molecule has 0 fully saturated rings. The zero-order chi connectivity index (χ0) is 19.2. The minimum atomic E-state index is -1.13. The van der Waals surface area contributed by atoms with Crippen molar-refractivity contribution in [3.05, 3.63) is 59.4 Å². The van der Waals surface area contributed by atoms with Crippen LogP contribution in [0.2, 0.25) is 0 Å². The van der Waals surface area contributed by atoms with Crippen LogP contribution in [0.3, 0.4) is 0 Å². The molecule has 0 amide bonds. The zero-order valence-electron chi connectivity index (χ0n) is 15.6. The lowest BCUT2D eigenvalue weighted by Gasteiger charge is -2.45. The average molecular weight is 366 g/mol. The number of rotatable bonds is 4. The molecule has 0 radical (unpaired) electrons. The maximum atomic E-state index is 13.4. The molecule has 6 nitrogen and oxygen atoms in total. The van der Waals surface area contributed by atoms with Crippen LogP contribution in [-0.4, -0.2) is 35.7 Å². The number of Topliss-reactive ketones (excluding diaryl/α,β-unsaturated/α-hetero) is 1. The number of hydrogen-bond acceptors (Lipinski definition) is 6. The van der Waals surface area contributed by atoms with Gasteiger partial charge in [0.05, 0.1) is 11.5 Å². The largest absolute Gasteiger partial charge is 0.470 e. The molecule has 0 aliphatic heterocycles. The molecule has 2 aliphatic carbocycles. The molecule has 1 aromatic heterocycles. The number of hydrogen-bond donors (Lipinski definition) is 0. The van der Waals surface area contributed by atoms with Crippen LogP contribution < -0.4 is 4.74 Å². The number of nitrogens with zero attached hydrogens (tertiary/aromatic N) is 2. The van der Waals surface area contributed by atoms with Crippen molar-refractivity contribution in [3.63, 3.8) is 0 Å². The third-order valence-electron chi connectivity index (χ3n) is 5.72. The first kappa shape index (κ1) is 17.7. The summed E-state index contributed by atoms with van der Waals surface area (Å²) >= 11 is 0. The first-order valence-electron chi connectivity index (χ1n) is 9.03. The van der Waals surface area contributed by atoms with Crippen molar-refractivity contribution in [2.24, 2.45) is 11.3 Å². The molecule has 6 heteroatoms. The van der Waals surface area contributed by atoms with Crippen LogP contribution in [-0.2, 0) is 11.4 Å². The Morgan fingerprint density at radius 2 is 2.00 bits per heavy atom. The number of benzene rings is 1. The van der Waals surface area contributed by atoms with E-state index < -0.39 is 5.41 Å². The van der Waals surface area contributed by atoms with Gasteiger partial charge in [0.1, 0.15) is 12.2 Å². The van der Waals surface area contributed by atoms with Gasteiger partial charge >= 0.3 is 0 Å². The second kappa shape index (κ2) is 6.46. The Bertz CT molecular complexity index is 916. The van der Waals surface area contributed by atoms with Crippen molar-refractivity contribution >= 4 is 11.6 Å². The summed E-state index contributed by atoms with van der Waals surface area (Å²) in [4.78, 5) is 28.1. The van der Waals surface area contributed by atoms with Crippen molar-refractivity contribution in [2.45, 2.75) is 26.0 Å². The van der Waals surface area contributed by atoms with E-state index in [1.165, 1.54) is 6.08 Å². The van der Waals surface area contributed by atoms with E-state index in [1.54, 1.807) is 6.92 Å². The predicted molar refractivity (Wildman–Crippen MR) is 98.4 cm³/mol. The SMILES string of the molecule is CN(C)[C@H]1c2onc(OCc3ccccc3)c2C(=O)[C@@]2(C)C(=O)C=CC[C@@H]12. The topological polar surface area (TPSA) is 72.6 Å². The van der Waals surface area contributed by atoms with E-state index in [9.17, 15) is 9.59 Å². The van der Waals surface area contributed by atoms with E-state index in [0.717, 1.165) is 5.56 Å². The molecule has 140 valence electrons. The van der Waals surface area contributed by atoms with E-state index in [0.29, 0.717) is 17.7 Å². The summed E-state index contributed by atoms with van der Waals surface area (Å²) in [6, 6.07) is 9.41. The Morgan fingerprint density at radius 3 is 2.70 bits per heavy atom. The fraction of sp³-hybridized carbons (Fsp3) is 0.381. The van der Waals surface area contributed by atoms with Gasteiger partial charge in [-0.3, -0.25) is 14.5 Å². The van der Waals surface area contributed by atoms with Gasteiger partial charge in [0.15, 0.2) is 17.3 Å². The molecule has 0 saturated heterocycles. The smallest absolute Gasteiger partial charge is 0.265 e. The summed E-state index contributed by atoms with van der Waals surface area (Å²) in [5.41, 5.74) is 0.127. The first-order chi connectivity index (χ1) is 12.9. The summed E-state index contributed by atoms with van der Waals surface area (Å²) in [5.74, 6) is 0.0158.